The summed E-state index contributed by atoms with van der Waals surface area (Å²) in [6, 6.07) is 9.49. The van der Waals surface area contributed by atoms with Gasteiger partial charge in [0.2, 0.25) is 0 Å². The van der Waals surface area contributed by atoms with Crippen molar-refractivity contribution in [1.29, 1.82) is 0 Å². The Morgan fingerprint density at radius 1 is 1.18 bits per heavy atom. The summed E-state index contributed by atoms with van der Waals surface area (Å²) in [7, 11) is -2.09. The molecule has 8 nitrogen and oxygen atoms in total. The maximum absolute atomic E-state index is 13.5. The number of aliphatic hydroxyl groups is 1. The Bertz CT molecular complexity index is 1390. The van der Waals surface area contributed by atoms with Gasteiger partial charge in [-0.3, -0.25) is 4.79 Å². The van der Waals surface area contributed by atoms with Gasteiger partial charge in [0, 0.05) is 30.0 Å². The van der Waals surface area contributed by atoms with Gasteiger partial charge in [0.1, 0.15) is 11.3 Å². The molecule has 0 bridgehead atoms. The van der Waals surface area contributed by atoms with Crippen LogP contribution in [0.4, 0.5) is 0 Å². The van der Waals surface area contributed by atoms with Crippen LogP contribution in [0.15, 0.2) is 46.1 Å². The van der Waals surface area contributed by atoms with Crippen LogP contribution in [0.25, 0.3) is 11.0 Å². The lowest BCUT2D eigenvalue weighted by atomic mass is 9.99. The smallest absolute Gasteiger partial charge is 0.355 e. The normalized spacial score (nSPS) is 18.5. The fourth-order valence-electron chi connectivity index (χ4n) is 4.49. The first kappa shape index (κ1) is 23.1. The molecule has 1 aromatic carbocycles. The van der Waals surface area contributed by atoms with Gasteiger partial charge in [-0.25, -0.2) is 18.2 Å². The van der Waals surface area contributed by atoms with Crippen molar-refractivity contribution in [3.05, 3.63) is 69.1 Å². The monoisotopic (exact) mass is 470 g/mol. The summed E-state index contributed by atoms with van der Waals surface area (Å²) < 4.78 is 30.4. The average molecular weight is 471 g/mol. The Balaban J connectivity index is 1.97. The number of aryl methyl sites for hydroxylation is 1. The van der Waals surface area contributed by atoms with Gasteiger partial charge in [-0.1, -0.05) is 12.1 Å². The SMILES string of the molecule is COC(=O)c1c(Cc2ccc(S(C)(=O)=O)cc2)c(=O)c2ccc(C)nc2n1[C@H]1CC[C@@H](O)C1. The maximum Gasteiger partial charge on any atom is 0.355 e. The van der Waals surface area contributed by atoms with E-state index in [2.05, 4.69) is 4.98 Å². The van der Waals surface area contributed by atoms with Crippen LogP contribution in [-0.4, -0.2) is 48.5 Å². The van der Waals surface area contributed by atoms with Crippen molar-refractivity contribution in [3.63, 3.8) is 0 Å². The Labute approximate surface area is 191 Å². The van der Waals surface area contributed by atoms with Crippen molar-refractivity contribution >= 4 is 26.8 Å². The van der Waals surface area contributed by atoms with Gasteiger partial charge in [-0.2, -0.15) is 0 Å². The molecule has 0 amide bonds. The lowest BCUT2D eigenvalue weighted by Crippen LogP contribution is -2.28. The van der Waals surface area contributed by atoms with E-state index in [1.807, 2.05) is 6.92 Å². The standard InChI is InChI=1S/C24H26N2O6S/c1-14-4-11-19-22(28)20(12-15-5-9-18(10-6-15)33(3,30)31)21(24(29)32-2)26(23(19)25-14)16-7-8-17(27)13-16/h4-6,9-11,16-17,27H,7-8,12-13H2,1-3H3/t16-,17+/m0/s1. The molecular weight excluding hydrogens is 444 g/mol. The van der Waals surface area contributed by atoms with Crippen molar-refractivity contribution < 1.29 is 23.1 Å². The first-order valence-corrected chi connectivity index (χ1v) is 12.6. The molecule has 1 aliphatic carbocycles. The molecule has 174 valence electrons. The number of ether oxygens (including phenoxy) is 1. The molecule has 1 fully saturated rings. The molecule has 0 unspecified atom stereocenters. The molecule has 2 atom stereocenters. The van der Waals surface area contributed by atoms with Crippen LogP contribution in [0, 0.1) is 6.92 Å². The summed E-state index contributed by atoms with van der Waals surface area (Å²) in [5.41, 5.74) is 1.85. The molecule has 2 aromatic heterocycles. The van der Waals surface area contributed by atoms with E-state index in [0.717, 1.165) is 6.26 Å². The molecule has 1 aliphatic rings. The lowest BCUT2D eigenvalue weighted by Gasteiger charge is -2.23. The average Bonchev–Trinajstić information content (AvgIpc) is 3.20. The highest BCUT2D eigenvalue weighted by atomic mass is 32.2. The van der Waals surface area contributed by atoms with E-state index in [9.17, 15) is 23.1 Å². The third kappa shape index (κ3) is 4.43. The number of benzene rings is 1. The third-order valence-electron chi connectivity index (χ3n) is 6.14. The van der Waals surface area contributed by atoms with Crippen molar-refractivity contribution in [2.75, 3.05) is 13.4 Å². The fourth-order valence-corrected chi connectivity index (χ4v) is 5.12. The highest BCUT2D eigenvalue weighted by Crippen LogP contribution is 2.34. The van der Waals surface area contributed by atoms with Crippen molar-refractivity contribution in [1.82, 2.24) is 9.55 Å². The van der Waals surface area contributed by atoms with Crippen molar-refractivity contribution in [2.24, 2.45) is 0 Å². The predicted molar refractivity (Wildman–Crippen MR) is 123 cm³/mol. The second kappa shape index (κ2) is 8.72. The number of hydrogen-bond donors (Lipinski definition) is 1. The van der Waals surface area contributed by atoms with E-state index in [0.29, 0.717) is 41.6 Å². The van der Waals surface area contributed by atoms with Gasteiger partial charge >= 0.3 is 5.97 Å². The molecule has 2 heterocycles. The summed E-state index contributed by atoms with van der Waals surface area (Å²) in [6.45, 7) is 1.81. The zero-order valence-electron chi connectivity index (χ0n) is 18.7. The van der Waals surface area contributed by atoms with Gasteiger partial charge in [-0.05, 0) is 56.0 Å². The Hall–Kier alpha value is -3.04. The van der Waals surface area contributed by atoms with E-state index in [1.165, 1.54) is 19.2 Å². The molecule has 1 saturated carbocycles. The van der Waals surface area contributed by atoms with Gasteiger partial charge in [0.25, 0.3) is 0 Å². The molecule has 1 N–H and O–H groups in total. The number of nitrogens with zero attached hydrogens (tertiary/aromatic N) is 2. The summed E-state index contributed by atoms with van der Waals surface area (Å²) >= 11 is 0. The first-order chi connectivity index (χ1) is 15.6. The summed E-state index contributed by atoms with van der Waals surface area (Å²) in [4.78, 5) is 31.3. The molecule has 0 radical (unpaired) electrons. The number of pyridine rings is 2. The molecular formula is C24H26N2O6S. The van der Waals surface area contributed by atoms with E-state index < -0.39 is 21.9 Å². The van der Waals surface area contributed by atoms with Crippen molar-refractivity contribution in [2.45, 2.75) is 49.6 Å². The number of sulfone groups is 1. The van der Waals surface area contributed by atoms with Gasteiger partial charge in [0.15, 0.2) is 15.3 Å². The molecule has 0 aliphatic heterocycles. The number of rotatable bonds is 5. The van der Waals surface area contributed by atoms with E-state index in [4.69, 9.17) is 4.74 Å². The van der Waals surface area contributed by atoms with Crippen LogP contribution in [0.2, 0.25) is 0 Å². The summed E-state index contributed by atoms with van der Waals surface area (Å²) in [6.07, 6.45) is 2.43. The minimum absolute atomic E-state index is 0.117. The topological polar surface area (TPSA) is 116 Å². The number of fused-ring (bicyclic) bond motifs is 1. The van der Waals surface area contributed by atoms with E-state index in [-0.39, 0.29) is 34.0 Å². The number of carbonyl (C=O) groups excluding carboxylic acids is 1. The minimum atomic E-state index is -3.35. The Kier molecular flexibility index (Phi) is 6.11. The van der Waals surface area contributed by atoms with Gasteiger partial charge in [0.05, 0.1) is 23.5 Å². The highest BCUT2D eigenvalue weighted by Gasteiger charge is 2.32. The Morgan fingerprint density at radius 2 is 1.88 bits per heavy atom. The van der Waals surface area contributed by atoms with Crippen LogP contribution >= 0.6 is 0 Å². The fraction of sp³-hybridized carbons (Fsp3) is 0.375. The van der Waals surface area contributed by atoms with Crippen LogP contribution in [0.1, 0.15) is 52.6 Å². The molecule has 9 heteroatoms. The van der Waals surface area contributed by atoms with Crippen molar-refractivity contribution in [3.8, 4) is 0 Å². The quantitative estimate of drug-likeness (QED) is 0.570. The molecule has 3 aromatic rings. The maximum atomic E-state index is 13.5. The number of carbonyl (C=O) groups is 1. The van der Waals surface area contributed by atoms with E-state index in [1.54, 1.807) is 28.8 Å². The lowest BCUT2D eigenvalue weighted by molar-refractivity contribution is 0.0583. The van der Waals surface area contributed by atoms with Gasteiger partial charge in [-0.15, -0.1) is 0 Å². The van der Waals surface area contributed by atoms with E-state index >= 15 is 0 Å². The van der Waals surface area contributed by atoms with Crippen LogP contribution in [0.3, 0.4) is 0 Å². The highest BCUT2D eigenvalue weighted by molar-refractivity contribution is 7.90. The summed E-state index contributed by atoms with van der Waals surface area (Å²) in [5, 5.41) is 10.6. The first-order valence-electron chi connectivity index (χ1n) is 10.7. The van der Waals surface area contributed by atoms with Crippen LogP contribution in [-0.2, 0) is 21.0 Å². The number of hydrogen-bond acceptors (Lipinski definition) is 7. The number of methoxy groups -OCH3 is 1. The molecule has 33 heavy (non-hydrogen) atoms. The second-order valence-electron chi connectivity index (χ2n) is 8.56. The van der Waals surface area contributed by atoms with Crippen LogP contribution in [0.5, 0.6) is 0 Å². The van der Waals surface area contributed by atoms with Gasteiger partial charge < -0.3 is 14.4 Å². The zero-order valence-corrected chi connectivity index (χ0v) is 19.6. The van der Waals surface area contributed by atoms with Crippen LogP contribution < -0.4 is 5.43 Å². The number of aliphatic hydroxyl groups excluding tert-OH is 1. The number of aromatic nitrogens is 2. The zero-order chi connectivity index (χ0) is 23.9. The number of esters is 1. The largest absolute Gasteiger partial charge is 0.464 e. The molecule has 4 rings (SSSR count). The minimum Gasteiger partial charge on any atom is -0.464 e. The predicted octanol–water partition coefficient (Wildman–Crippen LogP) is 2.57. The molecule has 0 spiro atoms. The Morgan fingerprint density at radius 3 is 2.45 bits per heavy atom. The second-order valence-corrected chi connectivity index (χ2v) is 10.6. The third-order valence-corrected chi connectivity index (χ3v) is 7.27. The molecule has 0 saturated heterocycles. The summed E-state index contributed by atoms with van der Waals surface area (Å²) in [5.74, 6) is -0.651.